The number of rotatable bonds is 3. The van der Waals surface area contributed by atoms with Crippen LogP contribution in [0.5, 0.6) is 0 Å². The molecule has 0 aliphatic carbocycles. The Hall–Kier alpha value is -0.860. The van der Waals surface area contributed by atoms with Gasteiger partial charge in [0, 0.05) is 25.3 Å². The minimum absolute atomic E-state index is 0.244. The van der Waals surface area contributed by atoms with Crippen molar-refractivity contribution in [2.24, 2.45) is 0 Å². The number of benzene rings is 1. The first kappa shape index (κ1) is 12.6. The van der Waals surface area contributed by atoms with Crippen molar-refractivity contribution in [2.75, 3.05) is 13.2 Å². The molecule has 0 atom stereocenters. The van der Waals surface area contributed by atoms with Crippen LogP contribution in [0.3, 0.4) is 0 Å². The van der Waals surface area contributed by atoms with Gasteiger partial charge in [0.25, 0.3) is 0 Å². The third kappa shape index (κ3) is 3.08. The van der Waals surface area contributed by atoms with Crippen LogP contribution in [0.1, 0.15) is 36.5 Å². The molecule has 1 fully saturated rings. The molecule has 1 aliphatic heterocycles. The average Bonchev–Trinajstić information content (AvgIpc) is 2.32. The van der Waals surface area contributed by atoms with Crippen LogP contribution < -0.4 is 5.32 Å². The zero-order valence-electron chi connectivity index (χ0n) is 11.2. The molecule has 94 valence electrons. The highest BCUT2D eigenvalue weighted by molar-refractivity contribution is 5.33. The summed E-state index contributed by atoms with van der Waals surface area (Å²) in [6, 6.07) is 6.54. The molecule has 1 heterocycles. The molecule has 2 rings (SSSR count). The van der Waals surface area contributed by atoms with Crippen LogP contribution >= 0.6 is 0 Å². The van der Waals surface area contributed by atoms with E-state index < -0.39 is 0 Å². The second-order valence-electron chi connectivity index (χ2n) is 5.39. The van der Waals surface area contributed by atoms with Gasteiger partial charge >= 0.3 is 0 Å². The van der Waals surface area contributed by atoms with Crippen molar-refractivity contribution in [3.63, 3.8) is 0 Å². The molecule has 0 unspecified atom stereocenters. The summed E-state index contributed by atoms with van der Waals surface area (Å²) in [5, 5.41) is 3.70. The Labute approximate surface area is 104 Å². The minimum Gasteiger partial charge on any atom is -0.381 e. The van der Waals surface area contributed by atoms with Crippen molar-refractivity contribution in [3.8, 4) is 0 Å². The highest BCUT2D eigenvalue weighted by atomic mass is 16.5. The second kappa shape index (κ2) is 5.19. The van der Waals surface area contributed by atoms with E-state index in [-0.39, 0.29) is 5.54 Å². The normalized spacial score (nSPS) is 19.2. The second-order valence-corrected chi connectivity index (χ2v) is 5.39. The number of nitrogens with one attached hydrogen (secondary N) is 1. The summed E-state index contributed by atoms with van der Waals surface area (Å²) < 4.78 is 5.42. The van der Waals surface area contributed by atoms with Gasteiger partial charge in [-0.15, -0.1) is 0 Å². The van der Waals surface area contributed by atoms with E-state index in [9.17, 15) is 0 Å². The maximum atomic E-state index is 5.42. The highest BCUT2D eigenvalue weighted by Gasteiger charge is 2.26. The number of hydrogen-bond acceptors (Lipinski definition) is 2. The Balaban J connectivity index is 1.99. The lowest BCUT2D eigenvalue weighted by Crippen LogP contribution is -2.46. The van der Waals surface area contributed by atoms with Gasteiger partial charge < -0.3 is 10.1 Å². The summed E-state index contributed by atoms with van der Waals surface area (Å²) in [5.74, 6) is 0. The quantitative estimate of drug-likeness (QED) is 0.866. The fraction of sp³-hybridized carbons (Fsp3) is 0.600. The van der Waals surface area contributed by atoms with Crippen molar-refractivity contribution in [2.45, 2.75) is 45.7 Å². The van der Waals surface area contributed by atoms with E-state index in [1.54, 1.807) is 0 Å². The van der Waals surface area contributed by atoms with Gasteiger partial charge in [0.15, 0.2) is 0 Å². The third-order valence-electron chi connectivity index (χ3n) is 4.02. The Morgan fingerprint density at radius 3 is 2.65 bits per heavy atom. The molecule has 0 bridgehead atoms. The lowest BCUT2D eigenvalue weighted by Gasteiger charge is -2.35. The van der Waals surface area contributed by atoms with Crippen LogP contribution in [0.2, 0.25) is 0 Å². The molecule has 0 radical (unpaired) electrons. The average molecular weight is 233 g/mol. The Kier molecular flexibility index (Phi) is 3.85. The van der Waals surface area contributed by atoms with Crippen molar-refractivity contribution >= 4 is 0 Å². The van der Waals surface area contributed by atoms with Crippen LogP contribution in [-0.2, 0) is 11.3 Å². The predicted octanol–water partition coefficient (Wildman–Crippen LogP) is 2.96. The van der Waals surface area contributed by atoms with Crippen LogP contribution in [0.15, 0.2) is 18.2 Å². The molecule has 1 saturated heterocycles. The molecule has 2 nitrogen and oxygen atoms in total. The van der Waals surface area contributed by atoms with Gasteiger partial charge in [0.1, 0.15) is 0 Å². The monoisotopic (exact) mass is 233 g/mol. The molecular formula is C15H23NO. The summed E-state index contributed by atoms with van der Waals surface area (Å²) in [6.45, 7) is 9.42. The molecule has 1 aromatic rings. The van der Waals surface area contributed by atoms with Gasteiger partial charge in [-0.05, 0) is 50.3 Å². The standard InChI is InChI=1S/C15H23NO/c1-12-5-4-6-14(13(12)2)11-16-15(3)7-9-17-10-8-15/h4-6,16H,7-11H2,1-3H3. The van der Waals surface area contributed by atoms with Gasteiger partial charge in [-0.2, -0.15) is 0 Å². The van der Waals surface area contributed by atoms with Gasteiger partial charge in [-0.25, -0.2) is 0 Å². The Bertz CT molecular complexity index is 381. The molecule has 1 aliphatic rings. The summed E-state index contributed by atoms with van der Waals surface area (Å²) in [5.41, 5.74) is 4.45. The van der Waals surface area contributed by atoms with Crippen molar-refractivity contribution < 1.29 is 4.74 Å². The zero-order chi connectivity index (χ0) is 12.3. The van der Waals surface area contributed by atoms with Gasteiger partial charge in [0.05, 0.1) is 0 Å². The fourth-order valence-electron chi connectivity index (χ4n) is 2.31. The molecule has 1 aromatic carbocycles. The van der Waals surface area contributed by atoms with E-state index in [0.29, 0.717) is 0 Å². The van der Waals surface area contributed by atoms with Crippen molar-refractivity contribution in [1.82, 2.24) is 5.32 Å². The van der Waals surface area contributed by atoms with Crippen LogP contribution in [0.25, 0.3) is 0 Å². The third-order valence-corrected chi connectivity index (χ3v) is 4.02. The van der Waals surface area contributed by atoms with E-state index in [1.165, 1.54) is 16.7 Å². The number of hydrogen-bond donors (Lipinski definition) is 1. The molecular weight excluding hydrogens is 210 g/mol. The molecule has 0 saturated carbocycles. The largest absolute Gasteiger partial charge is 0.381 e. The number of aryl methyl sites for hydroxylation is 1. The van der Waals surface area contributed by atoms with Gasteiger partial charge in [-0.3, -0.25) is 0 Å². The predicted molar refractivity (Wildman–Crippen MR) is 71.2 cm³/mol. The van der Waals surface area contributed by atoms with E-state index in [2.05, 4.69) is 44.3 Å². The van der Waals surface area contributed by atoms with Crippen LogP contribution in [0.4, 0.5) is 0 Å². The molecule has 2 heteroatoms. The molecule has 0 aromatic heterocycles. The van der Waals surface area contributed by atoms with Gasteiger partial charge in [0.2, 0.25) is 0 Å². The lowest BCUT2D eigenvalue weighted by molar-refractivity contribution is 0.0446. The first-order chi connectivity index (χ1) is 8.11. The summed E-state index contributed by atoms with van der Waals surface area (Å²) in [7, 11) is 0. The molecule has 0 amide bonds. The maximum Gasteiger partial charge on any atom is 0.0483 e. The van der Waals surface area contributed by atoms with Gasteiger partial charge in [-0.1, -0.05) is 18.2 Å². The Morgan fingerprint density at radius 2 is 1.94 bits per heavy atom. The van der Waals surface area contributed by atoms with Crippen LogP contribution in [0, 0.1) is 13.8 Å². The topological polar surface area (TPSA) is 21.3 Å². The smallest absolute Gasteiger partial charge is 0.0483 e. The summed E-state index contributed by atoms with van der Waals surface area (Å²) >= 11 is 0. The fourth-order valence-corrected chi connectivity index (χ4v) is 2.31. The molecule has 1 N–H and O–H groups in total. The van der Waals surface area contributed by atoms with E-state index in [1.807, 2.05) is 0 Å². The first-order valence-electron chi connectivity index (χ1n) is 6.49. The summed E-state index contributed by atoms with van der Waals surface area (Å²) in [6.07, 6.45) is 2.22. The van der Waals surface area contributed by atoms with E-state index in [0.717, 1.165) is 32.6 Å². The van der Waals surface area contributed by atoms with Crippen molar-refractivity contribution in [1.29, 1.82) is 0 Å². The van der Waals surface area contributed by atoms with E-state index >= 15 is 0 Å². The maximum absolute atomic E-state index is 5.42. The SMILES string of the molecule is Cc1cccc(CNC2(C)CCOCC2)c1C. The lowest BCUT2D eigenvalue weighted by atomic mass is 9.92. The molecule has 0 spiro atoms. The number of ether oxygens (including phenoxy) is 1. The first-order valence-corrected chi connectivity index (χ1v) is 6.49. The molecule has 17 heavy (non-hydrogen) atoms. The Morgan fingerprint density at radius 1 is 1.24 bits per heavy atom. The summed E-state index contributed by atoms with van der Waals surface area (Å²) in [4.78, 5) is 0. The zero-order valence-corrected chi connectivity index (χ0v) is 11.2. The van der Waals surface area contributed by atoms with Crippen LogP contribution in [-0.4, -0.2) is 18.8 Å². The van der Waals surface area contributed by atoms with Crippen molar-refractivity contribution in [3.05, 3.63) is 34.9 Å². The van der Waals surface area contributed by atoms with E-state index in [4.69, 9.17) is 4.74 Å². The highest BCUT2D eigenvalue weighted by Crippen LogP contribution is 2.21. The minimum atomic E-state index is 0.244.